The monoisotopic (exact) mass is 272 g/mol. The second-order valence-corrected chi connectivity index (χ2v) is 5.38. The number of imidazole rings is 1. The van der Waals surface area contributed by atoms with Crippen molar-refractivity contribution < 1.29 is 9.90 Å². The van der Waals surface area contributed by atoms with Crippen molar-refractivity contribution in [3.63, 3.8) is 0 Å². The van der Waals surface area contributed by atoms with Gasteiger partial charge in [0.15, 0.2) is 0 Å². The first kappa shape index (κ1) is 11.9. The molecule has 19 heavy (non-hydrogen) atoms. The number of para-hydroxylation sites is 1. The summed E-state index contributed by atoms with van der Waals surface area (Å²) in [6.07, 6.45) is 0.991. The minimum atomic E-state index is -0.955. The molecular weight excluding hydrogens is 260 g/mol. The molecule has 0 amide bonds. The maximum absolute atomic E-state index is 11.2. The number of benzene rings is 1. The third-order valence-electron chi connectivity index (χ3n) is 2.99. The largest absolute Gasteiger partial charge is 0.478 e. The number of fused-ring (bicyclic) bond motifs is 1. The van der Waals surface area contributed by atoms with Crippen LogP contribution in [0.4, 0.5) is 0 Å². The van der Waals surface area contributed by atoms with Gasteiger partial charge in [0.05, 0.1) is 16.0 Å². The van der Waals surface area contributed by atoms with Gasteiger partial charge in [0.2, 0.25) is 0 Å². The van der Waals surface area contributed by atoms with Crippen molar-refractivity contribution in [1.29, 1.82) is 0 Å². The Labute approximate surface area is 113 Å². The van der Waals surface area contributed by atoms with Gasteiger partial charge in [0, 0.05) is 4.88 Å². The van der Waals surface area contributed by atoms with E-state index in [2.05, 4.69) is 23.0 Å². The topological polar surface area (TPSA) is 66.0 Å². The van der Waals surface area contributed by atoms with Crippen LogP contribution in [0.5, 0.6) is 0 Å². The zero-order chi connectivity index (χ0) is 13.4. The van der Waals surface area contributed by atoms with E-state index < -0.39 is 5.97 Å². The van der Waals surface area contributed by atoms with Crippen molar-refractivity contribution in [1.82, 2.24) is 9.97 Å². The fourth-order valence-corrected chi connectivity index (χ4v) is 2.91. The zero-order valence-corrected chi connectivity index (χ0v) is 11.1. The summed E-state index contributed by atoms with van der Waals surface area (Å²) in [6, 6.07) is 9.22. The van der Waals surface area contributed by atoms with Gasteiger partial charge in [-0.3, -0.25) is 0 Å². The molecule has 0 aliphatic heterocycles. The van der Waals surface area contributed by atoms with Crippen LogP contribution >= 0.6 is 11.3 Å². The summed E-state index contributed by atoms with van der Waals surface area (Å²) in [7, 11) is 0. The summed E-state index contributed by atoms with van der Waals surface area (Å²) in [5.41, 5.74) is 1.49. The number of carbonyl (C=O) groups is 1. The first-order valence-corrected chi connectivity index (χ1v) is 6.82. The number of nitrogens with one attached hydrogen (secondary N) is 1. The van der Waals surface area contributed by atoms with Crippen LogP contribution in [0.1, 0.15) is 22.2 Å². The molecule has 0 aliphatic carbocycles. The molecule has 0 spiro atoms. The Balaban J connectivity index is 2.16. The van der Waals surface area contributed by atoms with E-state index in [0.29, 0.717) is 5.52 Å². The molecule has 5 heteroatoms. The molecule has 0 atom stereocenters. The van der Waals surface area contributed by atoms with E-state index in [0.717, 1.165) is 22.6 Å². The molecule has 2 heterocycles. The molecule has 1 aromatic carbocycles. The number of thiophene rings is 1. The van der Waals surface area contributed by atoms with Crippen LogP contribution in [0.25, 0.3) is 21.7 Å². The van der Waals surface area contributed by atoms with Crippen molar-refractivity contribution in [3.8, 4) is 10.7 Å². The fourth-order valence-electron chi connectivity index (χ4n) is 2.02. The van der Waals surface area contributed by atoms with Crippen molar-refractivity contribution in [2.45, 2.75) is 13.3 Å². The summed E-state index contributed by atoms with van der Waals surface area (Å²) >= 11 is 1.67. The van der Waals surface area contributed by atoms with E-state index in [1.54, 1.807) is 23.5 Å². The summed E-state index contributed by atoms with van der Waals surface area (Å²) in [4.78, 5) is 21.1. The van der Waals surface area contributed by atoms with Gasteiger partial charge in [-0.25, -0.2) is 9.78 Å². The lowest BCUT2D eigenvalue weighted by Crippen LogP contribution is -1.96. The van der Waals surface area contributed by atoms with Crippen molar-refractivity contribution in [2.24, 2.45) is 0 Å². The highest BCUT2D eigenvalue weighted by atomic mass is 32.1. The van der Waals surface area contributed by atoms with E-state index in [-0.39, 0.29) is 5.56 Å². The summed E-state index contributed by atoms with van der Waals surface area (Å²) in [6.45, 7) is 2.11. The van der Waals surface area contributed by atoms with Crippen molar-refractivity contribution in [3.05, 3.63) is 40.8 Å². The highest BCUT2D eigenvalue weighted by molar-refractivity contribution is 7.15. The van der Waals surface area contributed by atoms with Gasteiger partial charge < -0.3 is 10.1 Å². The number of nitrogens with zero attached hydrogens (tertiary/aromatic N) is 1. The first-order valence-electron chi connectivity index (χ1n) is 6.00. The molecule has 0 aliphatic rings. The van der Waals surface area contributed by atoms with Gasteiger partial charge in [-0.15, -0.1) is 11.3 Å². The normalized spacial score (nSPS) is 11.0. The average Bonchev–Trinajstić information content (AvgIpc) is 3.03. The molecule has 0 saturated heterocycles. The number of carboxylic acids is 1. The van der Waals surface area contributed by atoms with Gasteiger partial charge in [-0.05, 0) is 30.7 Å². The van der Waals surface area contributed by atoms with Crippen LogP contribution in [-0.2, 0) is 6.42 Å². The third kappa shape index (κ3) is 2.02. The van der Waals surface area contributed by atoms with Crippen molar-refractivity contribution in [2.75, 3.05) is 0 Å². The number of hydrogen-bond donors (Lipinski definition) is 2. The molecule has 0 unspecified atom stereocenters. The van der Waals surface area contributed by atoms with Crippen LogP contribution in [0.2, 0.25) is 0 Å². The lowest BCUT2D eigenvalue weighted by Gasteiger charge is -1.93. The molecular formula is C14H12N2O2S. The van der Waals surface area contributed by atoms with Crippen LogP contribution in [-0.4, -0.2) is 21.0 Å². The van der Waals surface area contributed by atoms with Gasteiger partial charge in [0.1, 0.15) is 11.3 Å². The number of aromatic carboxylic acids is 1. The minimum Gasteiger partial charge on any atom is -0.478 e. The van der Waals surface area contributed by atoms with Gasteiger partial charge in [0.25, 0.3) is 0 Å². The molecule has 0 saturated carbocycles. The smallest absolute Gasteiger partial charge is 0.337 e. The van der Waals surface area contributed by atoms with E-state index in [9.17, 15) is 4.79 Å². The number of aryl methyl sites for hydroxylation is 1. The molecule has 0 radical (unpaired) electrons. The Morgan fingerprint density at radius 1 is 1.37 bits per heavy atom. The minimum absolute atomic E-state index is 0.229. The number of aromatic nitrogens is 2. The van der Waals surface area contributed by atoms with Gasteiger partial charge in [-0.2, -0.15) is 0 Å². The van der Waals surface area contributed by atoms with E-state index in [1.807, 2.05) is 12.1 Å². The van der Waals surface area contributed by atoms with Crippen LogP contribution in [0.3, 0.4) is 0 Å². The predicted octanol–water partition coefficient (Wildman–Crippen LogP) is 3.55. The maximum Gasteiger partial charge on any atom is 0.337 e. The van der Waals surface area contributed by atoms with Gasteiger partial charge >= 0.3 is 5.97 Å². The Morgan fingerprint density at radius 2 is 2.21 bits per heavy atom. The summed E-state index contributed by atoms with van der Waals surface area (Å²) < 4.78 is 0. The first-order chi connectivity index (χ1) is 9.19. The molecule has 2 N–H and O–H groups in total. The molecule has 0 bridgehead atoms. The molecule has 2 aromatic heterocycles. The van der Waals surface area contributed by atoms with Crippen LogP contribution in [0.15, 0.2) is 30.3 Å². The van der Waals surface area contributed by atoms with Crippen LogP contribution < -0.4 is 0 Å². The van der Waals surface area contributed by atoms with E-state index in [1.165, 1.54) is 4.88 Å². The van der Waals surface area contributed by atoms with Crippen LogP contribution in [0, 0.1) is 0 Å². The van der Waals surface area contributed by atoms with Crippen molar-refractivity contribution >= 4 is 28.3 Å². The Bertz CT molecular complexity index is 758. The molecule has 4 nitrogen and oxygen atoms in total. The molecule has 3 rings (SSSR count). The SMILES string of the molecule is CCc1ccc(-c2nc3c(C(=O)O)cccc3[nH]2)s1. The van der Waals surface area contributed by atoms with E-state index >= 15 is 0 Å². The number of hydrogen-bond acceptors (Lipinski definition) is 3. The lowest BCUT2D eigenvalue weighted by atomic mass is 10.2. The van der Waals surface area contributed by atoms with Gasteiger partial charge in [-0.1, -0.05) is 13.0 Å². The standard InChI is InChI=1S/C14H12N2O2S/c1-2-8-6-7-11(19-8)13-15-10-5-3-4-9(14(17)18)12(10)16-13/h3-7H,2H2,1H3,(H,15,16)(H,17,18). The highest BCUT2D eigenvalue weighted by Crippen LogP contribution is 2.28. The molecule has 0 fully saturated rings. The fraction of sp³-hybridized carbons (Fsp3) is 0.143. The summed E-state index contributed by atoms with van der Waals surface area (Å²) in [5, 5.41) is 9.15. The predicted molar refractivity (Wildman–Crippen MR) is 75.7 cm³/mol. The Kier molecular flexibility index (Phi) is 2.83. The lowest BCUT2D eigenvalue weighted by molar-refractivity contribution is 0.0699. The molecule has 96 valence electrons. The Morgan fingerprint density at radius 3 is 2.89 bits per heavy atom. The number of carboxylic acid groups (broad SMARTS) is 1. The zero-order valence-electron chi connectivity index (χ0n) is 10.3. The van der Waals surface area contributed by atoms with E-state index in [4.69, 9.17) is 5.11 Å². The number of H-pyrrole nitrogens is 1. The third-order valence-corrected chi connectivity index (χ3v) is 4.22. The summed E-state index contributed by atoms with van der Waals surface area (Å²) in [5.74, 6) is -0.225. The molecule has 3 aromatic rings. The number of rotatable bonds is 3. The second kappa shape index (κ2) is 4.51. The number of aromatic amines is 1. The Hall–Kier alpha value is -2.14. The highest BCUT2D eigenvalue weighted by Gasteiger charge is 2.14. The maximum atomic E-state index is 11.2. The quantitative estimate of drug-likeness (QED) is 0.766. The average molecular weight is 272 g/mol. The second-order valence-electron chi connectivity index (χ2n) is 4.21.